The van der Waals surface area contributed by atoms with Crippen molar-refractivity contribution in [2.45, 2.75) is 69.1 Å². The zero-order chi connectivity index (χ0) is 27.4. The molecule has 1 aliphatic rings. The maximum atomic E-state index is 13.0. The van der Waals surface area contributed by atoms with Gasteiger partial charge in [-0.2, -0.15) is 0 Å². The molecule has 0 spiro atoms. The van der Waals surface area contributed by atoms with Gasteiger partial charge in [-0.05, 0) is 32.1 Å². The summed E-state index contributed by atoms with van der Waals surface area (Å²) in [6, 6.07) is -5.13. The summed E-state index contributed by atoms with van der Waals surface area (Å²) in [5, 5.41) is 23.3. The van der Waals surface area contributed by atoms with Gasteiger partial charge < -0.3 is 48.7 Å². The number of carboxylic acid groups (broad SMARTS) is 2. The van der Waals surface area contributed by atoms with Crippen molar-refractivity contribution in [1.82, 2.24) is 15.5 Å². The van der Waals surface area contributed by atoms with Crippen LogP contribution in [0.4, 0.5) is 0 Å². The summed E-state index contributed by atoms with van der Waals surface area (Å²) in [6.45, 7) is 0.205. The Morgan fingerprint density at radius 1 is 0.972 bits per heavy atom. The third-order valence-electron chi connectivity index (χ3n) is 5.43. The predicted octanol–water partition coefficient (Wildman–Crippen LogP) is -3.85. The number of amides is 4. The quantitative estimate of drug-likeness (QED) is 0.0594. The number of rotatable bonds is 15. The van der Waals surface area contributed by atoms with Crippen LogP contribution in [0.1, 0.15) is 44.9 Å². The smallest absolute Gasteiger partial charge is 0.326 e. The van der Waals surface area contributed by atoms with Crippen molar-refractivity contribution in [2.24, 2.45) is 27.9 Å². The fourth-order valence-corrected chi connectivity index (χ4v) is 3.61. The number of nitrogens with one attached hydrogen (secondary N) is 2. The fourth-order valence-electron chi connectivity index (χ4n) is 3.61. The Morgan fingerprint density at radius 3 is 2.17 bits per heavy atom. The van der Waals surface area contributed by atoms with Gasteiger partial charge in [-0.1, -0.05) is 0 Å². The molecule has 0 radical (unpaired) electrons. The molecule has 0 aliphatic carbocycles. The minimum Gasteiger partial charge on any atom is -0.481 e. The number of nitrogens with two attached hydrogens (primary N) is 4. The fraction of sp³-hybridized carbons (Fsp3) is 0.650. The standard InChI is InChI=1S/C20H34N8O8/c21-10(5-6-14(22)29)16(32)26-11(3-1-7-25-20(23)24)17(33)27-12(9-15(30)31)18(34)28-8-2-4-13(28)19(35)36/h10-13H,1-9,21H2,(H2,22,29)(H,26,32)(H,27,33)(H,30,31)(H,35,36)(H4,23,24,25). The van der Waals surface area contributed by atoms with Gasteiger partial charge in [-0.15, -0.1) is 0 Å². The number of aliphatic carboxylic acids is 2. The van der Waals surface area contributed by atoms with Gasteiger partial charge in [0.05, 0.1) is 12.5 Å². The first-order valence-corrected chi connectivity index (χ1v) is 11.3. The highest BCUT2D eigenvalue weighted by atomic mass is 16.4. The maximum Gasteiger partial charge on any atom is 0.326 e. The molecule has 0 aromatic carbocycles. The van der Waals surface area contributed by atoms with Crippen LogP contribution in [0.25, 0.3) is 0 Å². The Balaban J connectivity index is 3.02. The number of primary amides is 1. The van der Waals surface area contributed by atoms with E-state index in [1.54, 1.807) is 0 Å². The number of carboxylic acids is 2. The third-order valence-corrected chi connectivity index (χ3v) is 5.43. The minimum absolute atomic E-state index is 0.00760. The average Bonchev–Trinajstić information content (AvgIpc) is 3.28. The van der Waals surface area contributed by atoms with Crippen LogP contribution >= 0.6 is 0 Å². The molecule has 1 aliphatic heterocycles. The van der Waals surface area contributed by atoms with Crippen molar-refractivity contribution in [2.75, 3.05) is 13.1 Å². The van der Waals surface area contributed by atoms with Gasteiger partial charge in [0.1, 0.15) is 18.1 Å². The van der Waals surface area contributed by atoms with Crippen LogP contribution in [0.3, 0.4) is 0 Å². The number of hydrogen-bond donors (Lipinski definition) is 8. The molecule has 4 amide bonds. The number of carbonyl (C=O) groups excluding carboxylic acids is 4. The summed E-state index contributed by atoms with van der Waals surface area (Å²) in [4.78, 5) is 77.0. The highest BCUT2D eigenvalue weighted by molar-refractivity contribution is 5.95. The third kappa shape index (κ3) is 10.1. The summed E-state index contributed by atoms with van der Waals surface area (Å²) in [6.07, 6.45) is -0.227. The Labute approximate surface area is 206 Å². The van der Waals surface area contributed by atoms with Crippen molar-refractivity contribution in [3.05, 3.63) is 0 Å². The van der Waals surface area contributed by atoms with E-state index >= 15 is 0 Å². The predicted molar refractivity (Wildman–Crippen MR) is 125 cm³/mol. The van der Waals surface area contributed by atoms with E-state index in [-0.39, 0.29) is 51.2 Å². The summed E-state index contributed by atoms with van der Waals surface area (Å²) >= 11 is 0. The van der Waals surface area contributed by atoms with Crippen LogP contribution in [0.2, 0.25) is 0 Å². The molecule has 1 rings (SSSR count). The number of nitrogens with zero attached hydrogens (tertiary/aromatic N) is 2. The minimum atomic E-state index is -1.57. The highest BCUT2D eigenvalue weighted by Crippen LogP contribution is 2.19. The average molecular weight is 515 g/mol. The normalized spacial score (nSPS) is 17.4. The van der Waals surface area contributed by atoms with Crippen LogP contribution in [-0.2, 0) is 28.8 Å². The van der Waals surface area contributed by atoms with Gasteiger partial charge in [0, 0.05) is 19.5 Å². The first-order chi connectivity index (χ1) is 16.8. The molecule has 16 heteroatoms. The molecule has 4 atom stereocenters. The lowest BCUT2D eigenvalue weighted by Gasteiger charge is -2.28. The van der Waals surface area contributed by atoms with E-state index in [1.807, 2.05) is 0 Å². The number of aliphatic imine (C=N–C) groups is 1. The number of carbonyl (C=O) groups is 6. The lowest BCUT2D eigenvalue weighted by atomic mass is 10.1. The zero-order valence-corrected chi connectivity index (χ0v) is 19.7. The molecule has 0 bridgehead atoms. The van der Waals surface area contributed by atoms with Gasteiger partial charge in [0.2, 0.25) is 23.6 Å². The Bertz CT molecular complexity index is 876. The van der Waals surface area contributed by atoms with E-state index in [4.69, 9.17) is 22.9 Å². The van der Waals surface area contributed by atoms with Crippen molar-refractivity contribution >= 4 is 41.5 Å². The van der Waals surface area contributed by atoms with E-state index in [2.05, 4.69) is 15.6 Å². The van der Waals surface area contributed by atoms with Crippen LogP contribution in [0, 0.1) is 0 Å². The lowest BCUT2D eigenvalue weighted by Crippen LogP contribution is -2.57. The van der Waals surface area contributed by atoms with Crippen molar-refractivity contribution in [3.63, 3.8) is 0 Å². The molecular formula is C20H34N8O8. The molecule has 1 saturated heterocycles. The van der Waals surface area contributed by atoms with Crippen molar-refractivity contribution in [1.29, 1.82) is 0 Å². The number of guanidine groups is 1. The lowest BCUT2D eigenvalue weighted by molar-refractivity contribution is -0.150. The largest absolute Gasteiger partial charge is 0.481 e. The van der Waals surface area contributed by atoms with E-state index in [0.29, 0.717) is 6.42 Å². The SMILES string of the molecule is NC(=O)CCC(N)C(=O)NC(CCCN=C(N)N)C(=O)NC(CC(=O)O)C(=O)N1CCCC1C(=O)O. The monoisotopic (exact) mass is 514 g/mol. The summed E-state index contributed by atoms with van der Waals surface area (Å²) in [5.41, 5.74) is 21.3. The van der Waals surface area contributed by atoms with Crippen LogP contribution in [0.5, 0.6) is 0 Å². The molecule has 1 heterocycles. The molecule has 12 N–H and O–H groups in total. The molecule has 36 heavy (non-hydrogen) atoms. The number of hydrogen-bond acceptors (Lipinski definition) is 8. The summed E-state index contributed by atoms with van der Waals surface area (Å²) in [7, 11) is 0. The molecule has 4 unspecified atom stereocenters. The highest BCUT2D eigenvalue weighted by Gasteiger charge is 2.39. The van der Waals surface area contributed by atoms with E-state index in [1.165, 1.54) is 0 Å². The van der Waals surface area contributed by atoms with Crippen molar-refractivity contribution in [3.8, 4) is 0 Å². The molecule has 202 valence electrons. The van der Waals surface area contributed by atoms with E-state index in [9.17, 15) is 39.0 Å². The Kier molecular flexibility index (Phi) is 12.1. The van der Waals surface area contributed by atoms with Gasteiger partial charge in [0.15, 0.2) is 5.96 Å². The van der Waals surface area contributed by atoms with Gasteiger partial charge in [-0.25, -0.2) is 4.79 Å². The Hall–Kier alpha value is -3.95. The van der Waals surface area contributed by atoms with Crippen molar-refractivity contribution < 1.29 is 39.0 Å². The second-order valence-corrected chi connectivity index (χ2v) is 8.31. The summed E-state index contributed by atoms with van der Waals surface area (Å²) in [5.74, 6) is -6.01. The first kappa shape index (κ1) is 30.1. The molecule has 0 aromatic heterocycles. The van der Waals surface area contributed by atoms with E-state index in [0.717, 1.165) is 4.90 Å². The van der Waals surface area contributed by atoms with Crippen LogP contribution in [-0.4, -0.2) is 93.9 Å². The molecule has 16 nitrogen and oxygen atoms in total. The van der Waals surface area contributed by atoms with E-state index < -0.39 is 66.2 Å². The zero-order valence-electron chi connectivity index (χ0n) is 19.7. The maximum absolute atomic E-state index is 13.0. The topological polar surface area (TPSA) is 287 Å². The molecule has 1 fully saturated rings. The molecule has 0 aromatic rings. The van der Waals surface area contributed by atoms with Gasteiger partial charge in [-0.3, -0.25) is 29.0 Å². The van der Waals surface area contributed by atoms with Crippen LogP contribution in [0.15, 0.2) is 4.99 Å². The summed E-state index contributed by atoms with van der Waals surface area (Å²) < 4.78 is 0. The van der Waals surface area contributed by atoms with Gasteiger partial charge >= 0.3 is 11.9 Å². The van der Waals surface area contributed by atoms with Gasteiger partial charge in [0.25, 0.3) is 0 Å². The second kappa shape index (κ2) is 14.4. The molecule has 0 saturated carbocycles. The Morgan fingerprint density at radius 2 is 1.61 bits per heavy atom. The number of likely N-dealkylation sites (tertiary alicyclic amines) is 1. The first-order valence-electron chi connectivity index (χ1n) is 11.3. The molecular weight excluding hydrogens is 480 g/mol. The second-order valence-electron chi connectivity index (χ2n) is 8.31. The van der Waals surface area contributed by atoms with Crippen LogP contribution < -0.4 is 33.6 Å².